The molecule has 0 fully saturated rings. The summed E-state index contributed by atoms with van der Waals surface area (Å²) < 4.78 is 26.9. The molecular weight excluding hydrogens is 236 g/mol. The van der Waals surface area contributed by atoms with Crippen LogP contribution in [0.5, 0.6) is 0 Å². The van der Waals surface area contributed by atoms with Crippen molar-refractivity contribution in [3.63, 3.8) is 0 Å². The maximum Gasteiger partial charge on any atom is 0.169 e. The van der Waals surface area contributed by atoms with Crippen LogP contribution in [0.3, 0.4) is 0 Å². The number of ketones is 1. The Morgan fingerprint density at radius 1 is 1.22 bits per heavy atom. The highest BCUT2D eigenvalue weighted by molar-refractivity contribution is 5.96. The molecule has 18 heavy (non-hydrogen) atoms. The molecule has 0 aliphatic carbocycles. The molecule has 1 aromatic rings. The lowest BCUT2D eigenvalue weighted by molar-refractivity contribution is 0.0975. The first-order valence-electron chi connectivity index (χ1n) is 5.95. The number of hydrogen-bond acceptors (Lipinski definition) is 2. The second-order valence-electron chi connectivity index (χ2n) is 5.41. The molecule has 0 unspecified atom stereocenters. The summed E-state index contributed by atoms with van der Waals surface area (Å²) in [5.41, 5.74) is -0.0668. The summed E-state index contributed by atoms with van der Waals surface area (Å²) in [5.74, 6) is -2.37. The monoisotopic (exact) mass is 255 g/mol. The van der Waals surface area contributed by atoms with Crippen LogP contribution in [0.15, 0.2) is 12.1 Å². The predicted octanol–water partition coefficient (Wildman–Crippen LogP) is 3.23. The van der Waals surface area contributed by atoms with Gasteiger partial charge in [0, 0.05) is 18.5 Å². The van der Waals surface area contributed by atoms with Gasteiger partial charge in [-0.25, -0.2) is 8.78 Å². The quantitative estimate of drug-likeness (QED) is 0.837. The Balaban J connectivity index is 2.71. The molecule has 0 radical (unpaired) electrons. The lowest BCUT2D eigenvalue weighted by atomic mass is 10.0. The van der Waals surface area contributed by atoms with Gasteiger partial charge in [0.25, 0.3) is 0 Å². The van der Waals surface area contributed by atoms with Gasteiger partial charge in [-0.1, -0.05) is 6.07 Å². The Bertz CT molecular complexity index is 450. The molecule has 0 amide bonds. The summed E-state index contributed by atoms with van der Waals surface area (Å²) in [4.78, 5) is 11.8. The fourth-order valence-corrected chi connectivity index (χ4v) is 1.55. The van der Waals surface area contributed by atoms with E-state index < -0.39 is 11.6 Å². The molecule has 0 aliphatic rings. The number of rotatable bonds is 4. The van der Waals surface area contributed by atoms with E-state index in [9.17, 15) is 13.6 Å². The Morgan fingerprint density at radius 3 is 2.39 bits per heavy atom. The summed E-state index contributed by atoms with van der Waals surface area (Å²) in [6.45, 7) is 7.84. The van der Waals surface area contributed by atoms with Crippen LogP contribution in [0.4, 0.5) is 8.78 Å². The fourth-order valence-electron chi connectivity index (χ4n) is 1.55. The third-order valence-electron chi connectivity index (χ3n) is 2.58. The highest BCUT2D eigenvalue weighted by Gasteiger charge is 2.17. The van der Waals surface area contributed by atoms with Crippen molar-refractivity contribution < 1.29 is 13.6 Å². The zero-order chi connectivity index (χ0) is 13.9. The average molecular weight is 255 g/mol. The second-order valence-corrected chi connectivity index (χ2v) is 5.41. The minimum Gasteiger partial charge on any atom is -0.312 e. The van der Waals surface area contributed by atoms with Gasteiger partial charge >= 0.3 is 0 Å². The van der Waals surface area contributed by atoms with Crippen LogP contribution in [0.25, 0.3) is 0 Å². The molecule has 100 valence electrons. The highest BCUT2D eigenvalue weighted by atomic mass is 19.2. The largest absolute Gasteiger partial charge is 0.312 e. The third kappa shape index (κ3) is 3.88. The average Bonchev–Trinajstić information content (AvgIpc) is 2.24. The van der Waals surface area contributed by atoms with E-state index in [4.69, 9.17) is 0 Å². The zero-order valence-corrected chi connectivity index (χ0v) is 11.2. The van der Waals surface area contributed by atoms with Crippen LogP contribution in [0.1, 0.15) is 43.1 Å². The van der Waals surface area contributed by atoms with Crippen molar-refractivity contribution in [2.75, 3.05) is 6.54 Å². The van der Waals surface area contributed by atoms with Crippen molar-refractivity contribution >= 4 is 5.78 Å². The summed E-state index contributed by atoms with van der Waals surface area (Å²) in [7, 11) is 0. The number of carbonyl (C=O) groups is 1. The van der Waals surface area contributed by atoms with Crippen LogP contribution in [-0.2, 0) is 0 Å². The van der Waals surface area contributed by atoms with Crippen LogP contribution in [-0.4, -0.2) is 17.9 Å². The number of halogens is 2. The topological polar surface area (TPSA) is 29.1 Å². The summed E-state index contributed by atoms with van der Waals surface area (Å²) >= 11 is 0. The molecule has 0 saturated heterocycles. The van der Waals surface area contributed by atoms with E-state index in [1.165, 1.54) is 19.1 Å². The maximum atomic E-state index is 13.6. The normalized spacial score (nSPS) is 11.7. The number of aryl methyl sites for hydroxylation is 1. The standard InChI is InChI=1S/C14H19F2NO/c1-9-5-6-10(13(16)12(9)15)11(18)7-8-17-14(2,3)4/h5-6,17H,7-8H2,1-4H3. The number of benzene rings is 1. The van der Waals surface area contributed by atoms with Crippen LogP contribution >= 0.6 is 0 Å². The molecule has 2 nitrogen and oxygen atoms in total. The lowest BCUT2D eigenvalue weighted by Crippen LogP contribution is -2.37. The van der Waals surface area contributed by atoms with E-state index in [1.807, 2.05) is 20.8 Å². The summed E-state index contributed by atoms with van der Waals surface area (Å²) in [6, 6.07) is 2.76. The van der Waals surface area contributed by atoms with Gasteiger partial charge in [-0.05, 0) is 39.3 Å². The Kier molecular flexibility index (Phi) is 4.57. The zero-order valence-electron chi connectivity index (χ0n) is 11.2. The molecular formula is C14H19F2NO. The van der Waals surface area contributed by atoms with Gasteiger partial charge in [0.05, 0.1) is 5.56 Å². The first-order chi connectivity index (χ1) is 8.22. The van der Waals surface area contributed by atoms with Crippen molar-refractivity contribution in [2.45, 2.75) is 39.7 Å². The van der Waals surface area contributed by atoms with Gasteiger partial charge in [0.15, 0.2) is 17.4 Å². The molecule has 0 spiro atoms. The van der Waals surface area contributed by atoms with E-state index in [0.717, 1.165) is 0 Å². The van der Waals surface area contributed by atoms with E-state index in [-0.39, 0.29) is 28.9 Å². The smallest absolute Gasteiger partial charge is 0.169 e. The van der Waals surface area contributed by atoms with E-state index in [1.54, 1.807) is 0 Å². The maximum absolute atomic E-state index is 13.6. The van der Waals surface area contributed by atoms with Gasteiger partial charge in [-0.3, -0.25) is 4.79 Å². The van der Waals surface area contributed by atoms with Crippen molar-refractivity contribution in [3.8, 4) is 0 Å². The molecule has 1 N–H and O–H groups in total. The van der Waals surface area contributed by atoms with Crippen LogP contribution < -0.4 is 5.32 Å². The second kappa shape index (κ2) is 5.57. The first-order valence-corrected chi connectivity index (χ1v) is 5.95. The Morgan fingerprint density at radius 2 is 1.83 bits per heavy atom. The Labute approximate surface area is 106 Å². The summed E-state index contributed by atoms with van der Waals surface area (Å²) in [5, 5.41) is 3.13. The van der Waals surface area contributed by atoms with Crippen molar-refractivity contribution in [1.29, 1.82) is 0 Å². The van der Waals surface area contributed by atoms with Gasteiger partial charge in [-0.15, -0.1) is 0 Å². The van der Waals surface area contributed by atoms with Crippen molar-refractivity contribution in [1.82, 2.24) is 5.32 Å². The first kappa shape index (κ1) is 14.8. The Hall–Kier alpha value is -1.29. The highest BCUT2D eigenvalue weighted by Crippen LogP contribution is 2.17. The van der Waals surface area contributed by atoms with Gasteiger partial charge in [0.2, 0.25) is 0 Å². The predicted molar refractivity (Wildman–Crippen MR) is 67.8 cm³/mol. The van der Waals surface area contributed by atoms with Gasteiger partial charge in [-0.2, -0.15) is 0 Å². The van der Waals surface area contributed by atoms with Gasteiger partial charge in [0.1, 0.15) is 0 Å². The summed E-state index contributed by atoms with van der Waals surface area (Å²) in [6.07, 6.45) is 0.149. The molecule has 0 aliphatic heterocycles. The fraction of sp³-hybridized carbons (Fsp3) is 0.500. The van der Waals surface area contributed by atoms with Crippen LogP contribution in [0.2, 0.25) is 0 Å². The molecule has 1 aromatic carbocycles. The molecule has 0 heterocycles. The number of hydrogen-bond donors (Lipinski definition) is 1. The minimum atomic E-state index is -1.05. The molecule has 0 aromatic heterocycles. The van der Waals surface area contributed by atoms with E-state index in [0.29, 0.717) is 6.54 Å². The minimum absolute atomic E-state index is 0.0999. The number of carbonyl (C=O) groups excluding carboxylic acids is 1. The van der Waals surface area contributed by atoms with Crippen molar-refractivity contribution in [3.05, 3.63) is 34.9 Å². The van der Waals surface area contributed by atoms with E-state index >= 15 is 0 Å². The van der Waals surface area contributed by atoms with E-state index in [2.05, 4.69) is 5.32 Å². The SMILES string of the molecule is Cc1ccc(C(=O)CCNC(C)(C)C)c(F)c1F. The van der Waals surface area contributed by atoms with Gasteiger partial charge < -0.3 is 5.32 Å². The third-order valence-corrected chi connectivity index (χ3v) is 2.58. The number of nitrogens with one attached hydrogen (secondary N) is 1. The lowest BCUT2D eigenvalue weighted by Gasteiger charge is -2.20. The number of Topliss-reactive ketones (excluding diaryl/α,β-unsaturated/α-hetero) is 1. The van der Waals surface area contributed by atoms with Crippen LogP contribution in [0, 0.1) is 18.6 Å². The molecule has 0 bridgehead atoms. The molecule has 1 rings (SSSR count). The van der Waals surface area contributed by atoms with Crippen molar-refractivity contribution in [2.24, 2.45) is 0 Å². The molecule has 4 heteroatoms. The molecule has 0 saturated carbocycles. The molecule has 0 atom stereocenters.